The van der Waals surface area contributed by atoms with Gasteiger partial charge < -0.3 is 9.30 Å². The van der Waals surface area contributed by atoms with Crippen molar-refractivity contribution in [2.24, 2.45) is 5.92 Å². The summed E-state index contributed by atoms with van der Waals surface area (Å²) in [6.07, 6.45) is 3.03. The van der Waals surface area contributed by atoms with E-state index in [2.05, 4.69) is 47.5 Å². The first-order valence-electron chi connectivity index (χ1n) is 10.7. The zero-order valence-electron chi connectivity index (χ0n) is 17.5. The van der Waals surface area contributed by atoms with Crippen molar-refractivity contribution < 1.29 is 4.79 Å². The molecule has 3 aromatic rings. The number of aromatic nitrogens is 2. The van der Waals surface area contributed by atoms with Crippen molar-refractivity contribution >= 4 is 23.2 Å². The fourth-order valence-electron chi connectivity index (χ4n) is 4.67. The van der Waals surface area contributed by atoms with Crippen LogP contribution in [-0.4, -0.2) is 51.3 Å². The van der Waals surface area contributed by atoms with Crippen molar-refractivity contribution in [1.29, 1.82) is 0 Å². The molecule has 1 aliphatic heterocycles. The summed E-state index contributed by atoms with van der Waals surface area (Å²) in [5, 5.41) is 0.779. The lowest BCUT2D eigenvalue weighted by molar-refractivity contribution is -0.134. The van der Waals surface area contributed by atoms with Gasteiger partial charge in [0.15, 0.2) is 0 Å². The van der Waals surface area contributed by atoms with Crippen molar-refractivity contribution in [3.05, 3.63) is 70.1 Å². The quantitative estimate of drug-likeness (QED) is 0.636. The molecule has 156 valence electrons. The molecule has 2 atom stereocenters. The number of imidazole rings is 1. The van der Waals surface area contributed by atoms with Crippen LogP contribution < -0.4 is 0 Å². The molecule has 0 bridgehead atoms. The summed E-state index contributed by atoms with van der Waals surface area (Å²) in [6.45, 7) is 8.42. The highest BCUT2D eigenvalue weighted by Gasteiger charge is 2.46. The lowest BCUT2D eigenvalue weighted by atomic mass is 10.1. The van der Waals surface area contributed by atoms with Gasteiger partial charge in [-0.1, -0.05) is 29.8 Å². The molecule has 5 rings (SSSR count). The number of pyridine rings is 1. The highest BCUT2D eigenvalue weighted by molar-refractivity contribution is 6.31. The predicted molar refractivity (Wildman–Crippen MR) is 119 cm³/mol. The van der Waals surface area contributed by atoms with Gasteiger partial charge in [0.05, 0.1) is 11.4 Å². The highest BCUT2D eigenvalue weighted by atomic mass is 35.5. The standard InChI is InChI=1S/C24H27ClN4O/c1-16-7-8-29-22(17(2)26-23(29)13-16)15-27-9-11-28(12-10-27)24(30)20-14-19(20)18-5-3-4-6-21(18)25/h3-8,13,19-20H,9-12,14-15H2,1-2H3. The van der Waals surface area contributed by atoms with E-state index in [4.69, 9.17) is 16.6 Å². The fourth-order valence-corrected chi connectivity index (χ4v) is 4.94. The minimum Gasteiger partial charge on any atom is -0.340 e. The van der Waals surface area contributed by atoms with E-state index < -0.39 is 0 Å². The molecule has 0 radical (unpaired) electrons. The molecule has 1 saturated heterocycles. The number of benzene rings is 1. The molecule has 2 aliphatic rings. The van der Waals surface area contributed by atoms with E-state index in [0.717, 1.165) is 61.1 Å². The molecule has 2 fully saturated rings. The van der Waals surface area contributed by atoms with E-state index in [9.17, 15) is 4.79 Å². The number of halogens is 1. The van der Waals surface area contributed by atoms with Gasteiger partial charge >= 0.3 is 0 Å². The average Bonchev–Trinajstić information content (AvgIpc) is 3.47. The van der Waals surface area contributed by atoms with Crippen LogP contribution in [0.4, 0.5) is 0 Å². The van der Waals surface area contributed by atoms with E-state index in [1.165, 1.54) is 11.3 Å². The molecule has 0 spiro atoms. The first-order valence-corrected chi connectivity index (χ1v) is 11.1. The van der Waals surface area contributed by atoms with Crippen LogP contribution in [0.3, 0.4) is 0 Å². The number of carbonyl (C=O) groups is 1. The average molecular weight is 423 g/mol. The second kappa shape index (κ2) is 7.71. The smallest absolute Gasteiger partial charge is 0.226 e. The molecule has 6 heteroatoms. The van der Waals surface area contributed by atoms with Gasteiger partial charge in [0.25, 0.3) is 0 Å². The van der Waals surface area contributed by atoms with Crippen LogP contribution in [0.1, 0.15) is 34.9 Å². The lowest BCUT2D eigenvalue weighted by Crippen LogP contribution is -2.49. The Labute approximate surface area is 182 Å². The number of nitrogens with zero attached hydrogens (tertiary/aromatic N) is 4. The van der Waals surface area contributed by atoms with Gasteiger partial charge in [-0.3, -0.25) is 9.69 Å². The Morgan fingerprint density at radius 3 is 2.67 bits per heavy atom. The summed E-state index contributed by atoms with van der Waals surface area (Å²) < 4.78 is 2.19. The second-order valence-corrected chi connectivity index (χ2v) is 9.06. The third kappa shape index (κ3) is 3.61. The number of carbonyl (C=O) groups excluding carboxylic acids is 1. The minimum atomic E-state index is 0.0979. The molecule has 1 amide bonds. The Kier molecular flexibility index (Phi) is 5.03. The van der Waals surface area contributed by atoms with Gasteiger partial charge in [-0.2, -0.15) is 0 Å². The summed E-state index contributed by atoms with van der Waals surface area (Å²) in [7, 11) is 0. The largest absolute Gasteiger partial charge is 0.340 e. The number of amides is 1. The van der Waals surface area contributed by atoms with E-state index in [1.54, 1.807) is 0 Å². The number of fused-ring (bicyclic) bond motifs is 1. The van der Waals surface area contributed by atoms with Crippen LogP contribution in [0.5, 0.6) is 0 Å². The third-order valence-corrected chi connectivity index (χ3v) is 6.89. The van der Waals surface area contributed by atoms with E-state index in [0.29, 0.717) is 5.91 Å². The van der Waals surface area contributed by atoms with Gasteiger partial charge in [0, 0.05) is 49.9 Å². The molecule has 30 heavy (non-hydrogen) atoms. The maximum Gasteiger partial charge on any atom is 0.226 e. The topological polar surface area (TPSA) is 40.9 Å². The van der Waals surface area contributed by atoms with Crippen molar-refractivity contribution in [3.8, 4) is 0 Å². The highest BCUT2D eigenvalue weighted by Crippen LogP contribution is 2.50. The summed E-state index contributed by atoms with van der Waals surface area (Å²) in [6, 6.07) is 12.2. The lowest BCUT2D eigenvalue weighted by Gasteiger charge is -2.35. The van der Waals surface area contributed by atoms with Crippen LogP contribution in [0.25, 0.3) is 5.65 Å². The molecular weight excluding hydrogens is 396 g/mol. The van der Waals surface area contributed by atoms with Crippen LogP contribution >= 0.6 is 11.6 Å². The van der Waals surface area contributed by atoms with Crippen LogP contribution in [0, 0.1) is 19.8 Å². The first-order chi connectivity index (χ1) is 14.5. The second-order valence-electron chi connectivity index (χ2n) is 8.65. The van der Waals surface area contributed by atoms with Crippen molar-refractivity contribution in [2.45, 2.75) is 32.7 Å². The Morgan fingerprint density at radius 1 is 1.13 bits per heavy atom. The third-order valence-electron chi connectivity index (χ3n) is 6.55. The minimum absolute atomic E-state index is 0.0979. The van der Waals surface area contributed by atoms with Gasteiger partial charge in [0.1, 0.15) is 5.65 Å². The molecular formula is C24H27ClN4O. The Hall–Kier alpha value is -2.37. The maximum atomic E-state index is 13.0. The van der Waals surface area contributed by atoms with Crippen LogP contribution in [-0.2, 0) is 11.3 Å². The zero-order valence-corrected chi connectivity index (χ0v) is 18.3. The zero-order chi connectivity index (χ0) is 20.8. The Balaban J connectivity index is 1.20. The predicted octanol–water partition coefficient (Wildman–Crippen LogP) is 4.05. The van der Waals surface area contributed by atoms with Crippen molar-refractivity contribution in [3.63, 3.8) is 0 Å². The summed E-state index contributed by atoms with van der Waals surface area (Å²) in [5.41, 5.74) is 5.68. The number of rotatable bonds is 4. The van der Waals surface area contributed by atoms with E-state index in [1.807, 2.05) is 23.1 Å². The number of hydrogen-bond acceptors (Lipinski definition) is 3. The summed E-state index contributed by atoms with van der Waals surface area (Å²) >= 11 is 6.33. The monoisotopic (exact) mass is 422 g/mol. The fraction of sp³-hybridized carbons (Fsp3) is 0.417. The molecule has 3 heterocycles. The molecule has 0 N–H and O–H groups in total. The van der Waals surface area contributed by atoms with Gasteiger partial charge in [0.2, 0.25) is 5.91 Å². The van der Waals surface area contributed by atoms with Crippen molar-refractivity contribution in [1.82, 2.24) is 19.2 Å². The number of hydrogen-bond donors (Lipinski definition) is 0. The van der Waals surface area contributed by atoms with E-state index >= 15 is 0 Å². The van der Waals surface area contributed by atoms with Gasteiger partial charge in [-0.05, 0) is 55.5 Å². The number of piperazine rings is 1. The molecule has 2 unspecified atom stereocenters. The van der Waals surface area contributed by atoms with Crippen LogP contribution in [0.2, 0.25) is 5.02 Å². The van der Waals surface area contributed by atoms with Crippen LogP contribution in [0.15, 0.2) is 42.6 Å². The first kappa shape index (κ1) is 19.6. The SMILES string of the molecule is Cc1ccn2c(CN3CCN(C(=O)C4CC4c4ccccc4Cl)CC3)c(C)nc2c1. The Morgan fingerprint density at radius 2 is 1.90 bits per heavy atom. The molecule has 5 nitrogen and oxygen atoms in total. The molecule has 1 saturated carbocycles. The number of aryl methyl sites for hydroxylation is 2. The maximum absolute atomic E-state index is 13.0. The summed E-state index contributed by atoms with van der Waals surface area (Å²) in [5.74, 6) is 0.676. The van der Waals surface area contributed by atoms with E-state index in [-0.39, 0.29) is 11.8 Å². The molecule has 1 aromatic carbocycles. The van der Waals surface area contributed by atoms with Gasteiger partial charge in [-0.15, -0.1) is 0 Å². The Bertz CT molecular complexity index is 1100. The normalized spacial score (nSPS) is 21.9. The van der Waals surface area contributed by atoms with Crippen molar-refractivity contribution in [2.75, 3.05) is 26.2 Å². The molecule has 2 aromatic heterocycles. The summed E-state index contributed by atoms with van der Waals surface area (Å²) in [4.78, 5) is 22.2. The molecule has 1 aliphatic carbocycles. The van der Waals surface area contributed by atoms with Gasteiger partial charge in [-0.25, -0.2) is 4.98 Å².